The van der Waals surface area contributed by atoms with Crippen molar-refractivity contribution in [2.75, 3.05) is 12.4 Å². The van der Waals surface area contributed by atoms with E-state index < -0.39 is 0 Å². The molecule has 3 aromatic carbocycles. The summed E-state index contributed by atoms with van der Waals surface area (Å²) in [5, 5.41) is 3.88. The lowest BCUT2D eigenvalue weighted by molar-refractivity contribution is -0.111. The van der Waals surface area contributed by atoms with Crippen molar-refractivity contribution >= 4 is 44.1 Å². The Labute approximate surface area is 196 Å². The summed E-state index contributed by atoms with van der Waals surface area (Å²) in [4.78, 5) is 12.6. The molecule has 0 atom stereocenters. The van der Waals surface area contributed by atoms with Gasteiger partial charge in [0.1, 0.15) is 11.3 Å². The van der Waals surface area contributed by atoms with Crippen LogP contribution in [0.4, 0.5) is 5.69 Å². The molecule has 1 heterocycles. The molecule has 0 unspecified atom stereocenters. The summed E-state index contributed by atoms with van der Waals surface area (Å²) in [5.74, 6) is 0.451. The molecular formula is C27H24BrNO3. The molecule has 0 aliphatic rings. The predicted octanol–water partition coefficient (Wildman–Crippen LogP) is 7.53. The first kappa shape index (κ1) is 21.9. The van der Waals surface area contributed by atoms with Gasteiger partial charge in [0.05, 0.1) is 13.4 Å². The molecule has 0 saturated carbocycles. The lowest BCUT2D eigenvalue weighted by Crippen LogP contribution is -2.08. The first-order valence-corrected chi connectivity index (χ1v) is 11.1. The van der Waals surface area contributed by atoms with Gasteiger partial charge in [-0.05, 0) is 61.7 Å². The number of furan rings is 1. The fraction of sp³-hybridized carbons (Fsp3) is 0.148. The maximum absolute atomic E-state index is 12.6. The molecular weight excluding hydrogens is 466 g/mol. The van der Waals surface area contributed by atoms with Crippen molar-refractivity contribution in [3.05, 3.63) is 88.1 Å². The molecule has 5 heteroatoms. The maximum atomic E-state index is 12.6. The number of carbonyl (C=O) groups excluding carboxylic acids is 1. The lowest BCUT2D eigenvalue weighted by atomic mass is 9.96. The third kappa shape index (κ3) is 4.48. The van der Waals surface area contributed by atoms with E-state index in [-0.39, 0.29) is 5.91 Å². The number of hydrogen-bond acceptors (Lipinski definition) is 3. The highest BCUT2D eigenvalue weighted by Gasteiger charge is 2.16. The van der Waals surface area contributed by atoms with E-state index in [2.05, 4.69) is 53.3 Å². The zero-order valence-corrected chi connectivity index (χ0v) is 20.0. The summed E-state index contributed by atoms with van der Waals surface area (Å²) in [7, 11) is 1.62. The molecule has 162 valence electrons. The van der Waals surface area contributed by atoms with Gasteiger partial charge in [0.2, 0.25) is 5.91 Å². The van der Waals surface area contributed by atoms with Gasteiger partial charge in [-0.1, -0.05) is 45.8 Å². The van der Waals surface area contributed by atoms with Crippen LogP contribution in [0.2, 0.25) is 0 Å². The molecule has 4 aromatic rings. The molecule has 0 bridgehead atoms. The second-order valence-corrected chi connectivity index (χ2v) is 8.76. The number of hydrogen-bond donors (Lipinski definition) is 1. The van der Waals surface area contributed by atoms with Crippen LogP contribution in [0, 0.1) is 13.8 Å². The highest BCUT2D eigenvalue weighted by molar-refractivity contribution is 9.10. The Morgan fingerprint density at radius 1 is 1.06 bits per heavy atom. The van der Waals surface area contributed by atoms with Crippen LogP contribution in [0.3, 0.4) is 0 Å². The largest absolute Gasteiger partial charge is 0.496 e. The normalized spacial score (nSPS) is 11.6. The SMILES string of the molecule is COc1cc2occ(-c3ccc(C)cc3C)c2cc1/C(C)=C/C(=O)Nc1cccc(Br)c1. The van der Waals surface area contributed by atoms with Crippen LogP contribution in [0.15, 0.2) is 75.8 Å². The van der Waals surface area contributed by atoms with Crippen molar-refractivity contribution in [3.63, 3.8) is 0 Å². The summed E-state index contributed by atoms with van der Waals surface area (Å²) in [5.41, 5.74) is 7.66. The predicted molar refractivity (Wildman–Crippen MR) is 134 cm³/mol. The quantitative estimate of drug-likeness (QED) is 0.294. The number of methoxy groups -OCH3 is 1. The number of nitrogens with one attached hydrogen (secondary N) is 1. The Morgan fingerprint density at radius 3 is 2.59 bits per heavy atom. The number of rotatable bonds is 5. The maximum Gasteiger partial charge on any atom is 0.248 e. The highest BCUT2D eigenvalue weighted by Crippen LogP contribution is 2.38. The van der Waals surface area contributed by atoms with Crippen LogP contribution < -0.4 is 10.1 Å². The van der Waals surface area contributed by atoms with Crippen LogP contribution in [-0.2, 0) is 4.79 Å². The van der Waals surface area contributed by atoms with Gasteiger partial charge in [-0.2, -0.15) is 0 Å². The summed E-state index contributed by atoms with van der Waals surface area (Å²) in [6.07, 6.45) is 3.37. The van der Waals surface area contributed by atoms with Gasteiger partial charge >= 0.3 is 0 Å². The third-order valence-corrected chi connectivity index (χ3v) is 5.93. The number of anilines is 1. The van der Waals surface area contributed by atoms with E-state index >= 15 is 0 Å². The summed E-state index contributed by atoms with van der Waals surface area (Å²) in [6, 6.07) is 17.8. The summed E-state index contributed by atoms with van der Waals surface area (Å²) < 4.78 is 12.4. The lowest BCUT2D eigenvalue weighted by Gasteiger charge is -2.11. The summed E-state index contributed by atoms with van der Waals surface area (Å²) in [6.45, 7) is 6.09. The van der Waals surface area contributed by atoms with E-state index in [0.29, 0.717) is 5.75 Å². The van der Waals surface area contributed by atoms with Gasteiger partial charge in [0.15, 0.2) is 0 Å². The van der Waals surface area contributed by atoms with Crippen molar-refractivity contribution in [1.82, 2.24) is 0 Å². The van der Waals surface area contributed by atoms with Gasteiger partial charge in [0.25, 0.3) is 0 Å². The topological polar surface area (TPSA) is 51.5 Å². The molecule has 0 aliphatic heterocycles. The van der Waals surface area contributed by atoms with E-state index in [9.17, 15) is 4.79 Å². The van der Waals surface area contributed by atoms with Gasteiger partial charge in [-0.15, -0.1) is 0 Å². The van der Waals surface area contributed by atoms with Gasteiger partial charge in [-0.3, -0.25) is 4.79 Å². The minimum atomic E-state index is -0.204. The molecule has 1 aromatic heterocycles. The van der Waals surface area contributed by atoms with Crippen molar-refractivity contribution in [2.45, 2.75) is 20.8 Å². The van der Waals surface area contributed by atoms with Crippen molar-refractivity contribution in [2.24, 2.45) is 0 Å². The molecule has 32 heavy (non-hydrogen) atoms. The smallest absolute Gasteiger partial charge is 0.248 e. The fourth-order valence-electron chi connectivity index (χ4n) is 3.88. The molecule has 4 rings (SSSR count). The fourth-order valence-corrected chi connectivity index (χ4v) is 4.27. The molecule has 0 spiro atoms. The first-order chi connectivity index (χ1) is 15.4. The average Bonchev–Trinajstić information content (AvgIpc) is 3.15. The Morgan fingerprint density at radius 2 is 1.88 bits per heavy atom. The van der Waals surface area contributed by atoms with E-state index in [4.69, 9.17) is 9.15 Å². The van der Waals surface area contributed by atoms with E-state index in [1.807, 2.05) is 43.3 Å². The van der Waals surface area contributed by atoms with Gasteiger partial charge in [-0.25, -0.2) is 0 Å². The van der Waals surface area contributed by atoms with Crippen molar-refractivity contribution in [1.29, 1.82) is 0 Å². The van der Waals surface area contributed by atoms with Crippen LogP contribution in [0.25, 0.3) is 27.7 Å². The molecule has 1 amide bonds. The van der Waals surface area contributed by atoms with Crippen LogP contribution in [0.5, 0.6) is 5.75 Å². The highest BCUT2D eigenvalue weighted by atomic mass is 79.9. The molecule has 0 aliphatic carbocycles. The van der Waals surface area contributed by atoms with Crippen molar-refractivity contribution in [3.8, 4) is 16.9 Å². The Hall–Kier alpha value is -3.31. The Bertz CT molecular complexity index is 1350. The Kier molecular flexibility index (Phi) is 6.19. The van der Waals surface area contributed by atoms with Crippen LogP contribution >= 0.6 is 15.9 Å². The average molecular weight is 490 g/mol. The number of aryl methyl sites for hydroxylation is 2. The molecule has 4 nitrogen and oxygen atoms in total. The summed E-state index contributed by atoms with van der Waals surface area (Å²) >= 11 is 3.42. The Balaban J connectivity index is 1.74. The van der Waals surface area contributed by atoms with Crippen LogP contribution in [0.1, 0.15) is 23.6 Å². The monoisotopic (exact) mass is 489 g/mol. The number of ether oxygens (including phenoxy) is 1. The second kappa shape index (κ2) is 9.05. The minimum Gasteiger partial charge on any atom is -0.496 e. The zero-order chi connectivity index (χ0) is 22.8. The van der Waals surface area contributed by atoms with Gasteiger partial charge in [0, 0.05) is 38.8 Å². The molecule has 0 fully saturated rings. The van der Waals surface area contributed by atoms with Crippen LogP contribution in [-0.4, -0.2) is 13.0 Å². The standard InChI is InChI=1S/C27H24BrNO3/c1-16-8-9-21(17(2)10-16)24-15-32-26-14-25(31-4)22(13-23(24)26)18(3)11-27(30)29-20-7-5-6-19(28)12-20/h5-15H,1-4H3,(H,29,30)/b18-11+. The number of benzene rings is 3. The number of fused-ring (bicyclic) bond motifs is 1. The zero-order valence-electron chi connectivity index (χ0n) is 18.5. The third-order valence-electron chi connectivity index (χ3n) is 5.43. The van der Waals surface area contributed by atoms with Gasteiger partial charge < -0.3 is 14.5 Å². The number of allylic oxidation sites excluding steroid dienone is 1. The number of halogens is 1. The number of carbonyl (C=O) groups is 1. The van der Waals surface area contributed by atoms with E-state index in [1.165, 1.54) is 11.1 Å². The minimum absolute atomic E-state index is 0.204. The van der Waals surface area contributed by atoms with Crippen molar-refractivity contribution < 1.29 is 13.9 Å². The first-order valence-electron chi connectivity index (χ1n) is 10.3. The number of amides is 1. The van der Waals surface area contributed by atoms with E-state index in [1.54, 1.807) is 19.4 Å². The molecule has 1 N–H and O–H groups in total. The molecule has 0 saturated heterocycles. The van der Waals surface area contributed by atoms with E-state index in [0.717, 1.165) is 43.4 Å². The second-order valence-electron chi connectivity index (χ2n) is 7.84. The molecule has 0 radical (unpaired) electrons.